The number of ether oxygens (including phenoxy) is 1. The molecule has 0 bridgehead atoms. The number of hydrogen-bond donors (Lipinski definition) is 1. The fourth-order valence-electron chi connectivity index (χ4n) is 3.56. The highest BCUT2D eigenvalue weighted by atomic mass is 16.5. The minimum absolute atomic E-state index is 0.0321. The number of carbonyl (C=O) groups excluding carboxylic acids is 1. The smallest absolute Gasteiger partial charge is 0.229 e. The third-order valence-electron chi connectivity index (χ3n) is 4.61. The van der Waals surface area contributed by atoms with Crippen LogP contribution in [0.25, 0.3) is 11.1 Å². The van der Waals surface area contributed by atoms with Crippen molar-refractivity contribution in [3.8, 4) is 0 Å². The minimum Gasteiger partial charge on any atom is -0.440 e. The lowest BCUT2D eigenvalue weighted by Gasteiger charge is -2.33. The van der Waals surface area contributed by atoms with Crippen LogP contribution >= 0.6 is 0 Å². The van der Waals surface area contributed by atoms with Gasteiger partial charge in [0.1, 0.15) is 11.9 Å². The van der Waals surface area contributed by atoms with E-state index < -0.39 is 0 Å². The van der Waals surface area contributed by atoms with Crippen LogP contribution in [-0.2, 0) is 16.0 Å². The molecule has 0 unspecified atom stereocenters. The standard InChI is InChI=1S/C17H21N3O3/c1-11-8-20-9-12(6-13(20)10-22-11)18-16(21)7-17-19-14-4-2-3-5-15(14)23-17/h2-5,11-13H,6-10H2,1H3,(H,18,21)/t11-,12+,13-/m0/s1. The molecule has 2 aliphatic heterocycles. The molecule has 0 radical (unpaired) electrons. The Morgan fingerprint density at radius 1 is 1.39 bits per heavy atom. The summed E-state index contributed by atoms with van der Waals surface area (Å²) in [5.74, 6) is 0.437. The second-order valence-electron chi connectivity index (χ2n) is 6.50. The number of nitrogens with one attached hydrogen (secondary N) is 1. The van der Waals surface area contributed by atoms with Crippen LogP contribution in [0.15, 0.2) is 28.7 Å². The van der Waals surface area contributed by atoms with Crippen LogP contribution in [0.5, 0.6) is 0 Å². The van der Waals surface area contributed by atoms with Crippen molar-refractivity contribution in [3.05, 3.63) is 30.2 Å². The van der Waals surface area contributed by atoms with Crippen molar-refractivity contribution >= 4 is 17.0 Å². The van der Waals surface area contributed by atoms with Gasteiger partial charge in [-0.1, -0.05) is 12.1 Å². The van der Waals surface area contributed by atoms with Gasteiger partial charge in [0, 0.05) is 25.2 Å². The van der Waals surface area contributed by atoms with E-state index in [1.54, 1.807) is 0 Å². The summed E-state index contributed by atoms with van der Waals surface area (Å²) in [6, 6.07) is 8.17. The molecule has 0 spiro atoms. The molecule has 6 nitrogen and oxygen atoms in total. The Bertz CT molecular complexity index is 681. The molecule has 3 heterocycles. The molecule has 2 fully saturated rings. The first-order chi connectivity index (χ1) is 11.2. The van der Waals surface area contributed by atoms with Gasteiger partial charge in [0.2, 0.25) is 11.8 Å². The van der Waals surface area contributed by atoms with Crippen LogP contribution in [0.2, 0.25) is 0 Å². The van der Waals surface area contributed by atoms with E-state index in [0.29, 0.717) is 11.9 Å². The molecule has 6 heteroatoms. The number of morpholine rings is 1. The van der Waals surface area contributed by atoms with E-state index in [1.807, 2.05) is 24.3 Å². The van der Waals surface area contributed by atoms with Crippen LogP contribution in [0.1, 0.15) is 19.2 Å². The first-order valence-corrected chi connectivity index (χ1v) is 8.17. The van der Waals surface area contributed by atoms with Crippen molar-refractivity contribution in [1.82, 2.24) is 15.2 Å². The van der Waals surface area contributed by atoms with Gasteiger partial charge in [0.05, 0.1) is 12.7 Å². The predicted molar refractivity (Wildman–Crippen MR) is 85.0 cm³/mol. The van der Waals surface area contributed by atoms with E-state index in [9.17, 15) is 4.79 Å². The van der Waals surface area contributed by atoms with Gasteiger partial charge in [-0.25, -0.2) is 4.98 Å². The molecule has 1 N–H and O–H groups in total. The minimum atomic E-state index is -0.0321. The summed E-state index contributed by atoms with van der Waals surface area (Å²) in [5, 5.41) is 3.11. The topological polar surface area (TPSA) is 67.6 Å². The number of para-hydroxylation sites is 2. The van der Waals surface area contributed by atoms with Gasteiger partial charge in [0.25, 0.3) is 0 Å². The summed E-state index contributed by atoms with van der Waals surface area (Å²) in [5.41, 5.74) is 1.51. The molecule has 0 saturated carbocycles. The van der Waals surface area contributed by atoms with Gasteiger partial charge >= 0.3 is 0 Å². The number of oxazole rings is 1. The molecule has 4 rings (SSSR count). The zero-order valence-electron chi connectivity index (χ0n) is 13.2. The first-order valence-electron chi connectivity index (χ1n) is 8.17. The van der Waals surface area contributed by atoms with Gasteiger partial charge in [-0.2, -0.15) is 0 Å². The summed E-state index contributed by atoms with van der Waals surface area (Å²) < 4.78 is 11.3. The lowest BCUT2D eigenvalue weighted by atomic mass is 10.1. The van der Waals surface area contributed by atoms with Crippen LogP contribution in [0.4, 0.5) is 0 Å². The lowest BCUT2D eigenvalue weighted by Crippen LogP contribution is -2.45. The van der Waals surface area contributed by atoms with Gasteiger partial charge in [-0.15, -0.1) is 0 Å². The Kier molecular flexibility index (Phi) is 3.79. The third-order valence-corrected chi connectivity index (χ3v) is 4.61. The zero-order chi connectivity index (χ0) is 15.8. The number of fused-ring (bicyclic) bond motifs is 2. The Balaban J connectivity index is 1.35. The summed E-state index contributed by atoms with van der Waals surface area (Å²) >= 11 is 0. The lowest BCUT2D eigenvalue weighted by molar-refractivity contribution is -0.121. The molecule has 1 aromatic heterocycles. The van der Waals surface area contributed by atoms with Gasteiger partial charge in [-0.05, 0) is 25.5 Å². The van der Waals surface area contributed by atoms with Crippen molar-refractivity contribution < 1.29 is 13.9 Å². The van der Waals surface area contributed by atoms with Crippen LogP contribution in [0.3, 0.4) is 0 Å². The second kappa shape index (κ2) is 5.94. The maximum Gasteiger partial charge on any atom is 0.229 e. The Hall–Kier alpha value is -1.92. The van der Waals surface area contributed by atoms with Crippen LogP contribution < -0.4 is 5.32 Å². The highest BCUT2D eigenvalue weighted by molar-refractivity contribution is 5.79. The monoisotopic (exact) mass is 315 g/mol. The number of carbonyl (C=O) groups is 1. The van der Waals surface area contributed by atoms with E-state index >= 15 is 0 Å². The molecule has 0 aliphatic carbocycles. The van der Waals surface area contributed by atoms with E-state index in [1.165, 1.54) is 0 Å². The van der Waals surface area contributed by atoms with E-state index in [2.05, 4.69) is 22.1 Å². The van der Waals surface area contributed by atoms with Crippen molar-refractivity contribution in [3.63, 3.8) is 0 Å². The quantitative estimate of drug-likeness (QED) is 0.926. The molecular formula is C17H21N3O3. The first kappa shape index (κ1) is 14.7. The van der Waals surface area contributed by atoms with E-state index in [0.717, 1.165) is 37.2 Å². The fraction of sp³-hybridized carbons (Fsp3) is 0.529. The normalized spacial score (nSPS) is 28.0. The van der Waals surface area contributed by atoms with Crippen LogP contribution in [0, 0.1) is 0 Å². The molecule has 122 valence electrons. The number of rotatable bonds is 3. The molecule has 2 aromatic rings. The molecule has 2 saturated heterocycles. The summed E-state index contributed by atoms with van der Waals surface area (Å²) in [4.78, 5) is 19.0. The maximum absolute atomic E-state index is 12.3. The molecule has 2 aliphatic rings. The van der Waals surface area contributed by atoms with E-state index in [-0.39, 0.29) is 24.5 Å². The second-order valence-corrected chi connectivity index (χ2v) is 6.50. The number of aromatic nitrogens is 1. The van der Waals surface area contributed by atoms with Gasteiger partial charge in [0.15, 0.2) is 5.58 Å². The SMILES string of the molecule is C[C@H]1CN2C[C@H](NC(=O)Cc3nc4ccccc4o3)C[C@H]2CO1. The van der Waals surface area contributed by atoms with Gasteiger partial charge < -0.3 is 14.5 Å². The predicted octanol–water partition coefficient (Wildman–Crippen LogP) is 1.35. The van der Waals surface area contributed by atoms with Crippen molar-refractivity contribution in [2.24, 2.45) is 0 Å². The molecule has 3 atom stereocenters. The fourth-order valence-corrected chi connectivity index (χ4v) is 3.56. The Labute approximate surface area is 134 Å². The maximum atomic E-state index is 12.3. The molecule has 1 amide bonds. The van der Waals surface area contributed by atoms with Crippen LogP contribution in [-0.4, -0.2) is 53.7 Å². The highest BCUT2D eigenvalue weighted by Gasteiger charge is 2.36. The number of nitrogens with zero attached hydrogens (tertiary/aromatic N) is 2. The van der Waals surface area contributed by atoms with E-state index in [4.69, 9.17) is 9.15 Å². The largest absolute Gasteiger partial charge is 0.440 e. The molecule has 1 aromatic carbocycles. The average Bonchev–Trinajstić information content (AvgIpc) is 3.08. The molecule has 23 heavy (non-hydrogen) atoms. The Morgan fingerprint density at radius 3 is 3.13 bits per heavy atom. The summed E-state index contributed by atoms with van der Waals surface area (Å²) in [6.07, 6.45) is 1.41. The summed E-state index contributed by atoms with van der Waals surface area (Å²) in [7, 11) is 0. The summed E-state index contributed by atoms with van der Waals surface area (Å²) in [6.45, 7) is 4.70. The average molecular weight is 315 g/mol. The number of amides is 1. The molecular weight excluding hydrogens is 294 g/mol. The van der Waals surface area contributed by atoms with Crippen molar-refractivity contribution in [1.29, 1.82) is 0 Å². The number of hydrogen-bond acceptors (Lipinski definition) is 5. The van der Waals surface area contributed by atoms with Crippen molar-refractivity contribution in [2.45, 2.75) is 38.0 Å². The number of benzene rings is 1. The van der Waals surface area contributed by atoms with Crippen molar-refractivity contribution in [2.75, 3.05) is 19.7 Å². The highest BCUT2D eigenvalue weighted by Crippen LogP contribution is 2.23. The zero-order valence-corrected chi connectivity index (χ0v) is 13.2. The van der Waals surface area contributed by atoms with Gasteiger partial charge in [-0.3, -0.25) is 9.69 Å². The Morgan fingerprint density at radius 2 is 2.26 bits per heavy atom. The third kappa shape index (κ3) is 3.09.